The first kappa shape index (κ1) is 10.4. The highest BCUT2D eigenvalue weighted by Crippen LogP contribution is 2.27. The van der Waals surface area contributed by atoms with Gasteiger partial charge in [-0.1, -0.05) is 0 Å². The number of piperidine rings is 1. The minimum atomic E-state index is -2.70. The lowest BCUT2D eigenvalue weighted by atomic mass is 10.0. The van der Waals surface area contributed by atoms with Gasteiger partial charge in [0.1, 0.15) is 11.8 Å². The van der Waals surface area contributed by atoms with E-state index >= 15 is 0 Å². The Labute approximate surface area is 86.6 Å². The summed E-state index contributed by atoms with van der Waals surface area (Å²) in [5.74, 6) is 0.856. The van der Waals surface area contributed by atoms with Gasteiger partial charge in [-0.2, -0.15) is 0 Å². The molecule has 82 valence electrons. The predicted molar refractivity (Wildman–Crippen MR) is 56.8 cm³/mol. The maximum Gasteiger partial charge on any atom is 0.156 e. The van der Waals surface area contributed by atoms with Crippen LogP contribution < -0.4 is 0 Å². The number of quaternary nitrogens is 1. The van der Waals surface area contributed by atoms with E-state index in [-0.39, 0.29) is 0 Å². The van der Waals surface area contributed by atoms with E-state index in [0.717, 1.165) is 10.9 Å². The molecule has 0 saturated carbocycles. The standard InChI is InChI=1S/C10H20NO2S/c1-11(6-3-2-4-7-11)10-5-8-14(12,13)9-10/h10H,2-9H2,1H3/q+1. The third-order valence-electron chi connectivity index (χ3n) is 3.93. The summed E-state index contributed by atoms with van der Waals surface area (Å²) in [5.41, 5.74) is 0. The summed E-state index contributed by atoms with van der Waals surface area (Å²) >= 11 is 0. The Balaban J connectivity index is 2.08. The Bertz CT molecular complexity index is 304. The average molecular weight is 218 g/mol. The first-order chi connectivity index (χ1) is 6.52. The van der Waals surface area contributed by atoms with Gasteiger partial charge in [0.2, 0.25) is 0 Å². The number of sulfone groups is 1. The molecule has 0 bridgehead atoms. The normalized spacial score (nSPS) is 35.6. The highest BCUT2D eigenvalue weighted by Gasteiger charge is 2.41. The van der Waals surface area contributed by atoms with Crippen molar-refractivity contribution in [1.82, 2.24) is 0 Å². The van der Waals surface area contributed by atoms with Crippen LogP contribution in [0.5, 0.6) is 0 Å². The van der Waals surface area contributed by atoms with Gasteiger partial charge < -0.3 is 4.48 Å². The zero-order valence-corrected chi connectivity index (χ0v) is 9.72. The Kier molecular flexibility index (Phi) is 2.60. The second kappa shape index (κ2) is 3.49. The number of likely N-dealkylation sites (tertiary alicyclic amines) is 1. The van der Waals surface area contributed by atoms with Crippen LogP contribution >= 0.6 is 0 Å². The minimum Gasteiger partial charge on any atom is -0.323 e. The lowest BCUT2D eigenvalue weighted by molar-refractivity contribution is -0.934. The molecule has 0 aromatic heterocycles. The van der Waals surface area contributed by atoms with Gasteiger partial charge in [0.05, 0.1) is 25.9 Å². The molecule has 3 nitrogen and oxygen atoms in total. The summed E-state index contributed by atoms with van der Waals surface area (Å²) in [4.78, 5) is 0. The topological polar surface area (TPSA) is 34.1 Å². The molecule has 2 saturated heterocycles. The monoisotopic (exact) mass is 218 g/mol. The van der Waals surface area contributed by atoms with Gasteiger partial charge in [-0.3, -0.25) is 0 Å². The smallest absolute Gasteiger partial charge is 0.156 e. The molecule has 0 aromatic carbocycles. The molecule has 2 rings (SSSR count). The summed E-state index contributed by atoms with van der Waals surface area (Å²) in [5, 5.41) is 0. The zero-order chi connectivity index (χ0) is 10.2. The van der Waals surface area contributed by atoms with Crippen LogP contribution in [0.3, 0.4) is 0 Å². The van der Waals surface area contributed by atoms with Crippen LogP contribution in [0.25, 0.3) is 0 Å². The largest absolute Gasteiger partial charge is 0.323 e. The number of hydrogen-bond acceptors (Lipinski definition) is 2. The maximum atomic E-state index is 11.4. The van der Waals surface area contributed by atoms with Crippen molar-refractivity contribution in [3.05, 3.63) is 0 Å². The summed E-state index contributed by atoms with van der Waals surface area (Å²) in [6.45, 7) is 2.36. The Morgan fingerprint density at radius 3 is 2.29 bits per heavy atom. The number of rotatable bonds is 1. The molecule has 0 aliphatic carbocycles. The molecule has 2 fully saturated rings. The zero-order valence-electron chi connectivity index (χ0n) is 8.91. The summed E-state index contributed by atoms with van der Waals surface area (Å²) in [6, 6.07) is 0.389. The third-order valence-corrected chi connectivity index (χ3v) is 5.68. The first-order valence-electron chi connectivity index (χ1n) is 5.57. The number of hydrogen-bond donors (Lipinski definition) is 0. The first-order valence-corrected chi connectivity index (χ1v) is 7.39. The highest BCUT2D eigenvalue weighted by molar-refractivity contribution is 7.91. The van der Waals surface area contributed by atoms with Crippen LogP contribution in [0, 0.1) is 0 Å². The molecule has 1 unspecified atom stereocenters. The molecule has 0 amide bonds. The van der Waals surface area contributed by atoms with E-state index in [1.54, 1.807) is 0 Å². The van der Waals surface area contributed by atoms with E-state index < -0.39 is 9.84 Å². The second-order valence-corrected chi connectivity index (χ2v) is 7.27. The molecule has 4 heteroatoms. The maximum absolute atomic E-state index is 11.4. The molecule has 14 heavy (non-hydrogen) atoms. The predicted octanol–water partition coefficient (Wildman–Crippen LogP) is 0.804. The van der Waals surface area contributed by atoms with E-state index in [0.29, 0.717) is 17.5 Å². The Hall–Kier alpha value is -0.0900. The van der Waals surface area contributed by atoms with Crippen LogP contribution in [0.2, 0.25) is 0 Å². The fourth-order valence-electron chi connectivity index (χ4n) is 2.87. The molecule has 1 atom stereocenters. The van der Waals surface area contributed by atoms with Crippen molar-refractivity contribution in [2.45, 2.75) is 31.7 Å². The Morgan fingerprint density at radius 1 is 1.14 bits per heavy atom. The lowest BCUT2D eigenvalue weighted by Gasteiger charge is -2.42. The molecular weight excluding hydrogens is 198 g/mol. The van der Waals surface area contributed by atoms with Crippen molar-refractivity contribution < 1.29 is 12.9 Å². The van der Waals surface area contributed by atoms with Gasteiger partial charge in [0.15, 0.2) is 9.84 Å². The van der Waals surface area contributed by atoms with Crippen molar-refractivity contribution in [2.75, 3.05) is 31.6 Å². The molecule has 2 aliphatic rings. The molecule has 0 spiro atoms. The quantitative estimate of drug-likeness (QED) is 0.610. The Morgan fingerprint density at radius 2 is 1.79 bits per heavy atom. The van der Waals surface area contributed by atoms with Gasteiger partial charge in [-0.25, -0.2) is 8.42 Å². The van der Waals surface area contributed by atoms with Crippen molar-refractivity contribution in [3.8, 4) is 0 Å². The summed E-state index contributed by atoms with van der Waals surface area (Å²) in [7, 11) is -0.458. The second-order valence-electron chi connectivity index (χ2n) is 5.04. The van der Waals surface area contributed by atoms with Crippen molar-refractivity contribution in [2.24, 2.45) is 0 Å². The van der Waals surface area contributed by atoms with Gasteiger partial charge in [-0.05, 0) is 19.3 Å². The third kappa shape index (κ3) is 1.96. The van der Waals surface area contributed by atoms with Crippen LogP contribution in [0.4, 0.5) is 0 Å². The summed E-state index contributed by atoms with van der Waals surface area (Å²) in [6.07, 6.45) is 4.76. The number of nitrogens with zero attached hydrogens (tertiary/aromatic N) is 1. The molecular formula is C10H20NO2S+. The van der Waals surface area contributed by atoms with Crippen LogP contribution in [0.1, 0.15) is 25.7 Å². The van der Waals surface area contributed by atoms with E-state index in [1.807, 2.05) is 0 Å². The molecule has 2 aliphatic heterocycles. The molecule has 0 aromatic rings. The van der Waals surface area contributed by atoms with Crippen molar-refractivity contribution in [1.29, 1.82) is 0 Å². The van der Waals surface area contributed by atoms with Crippen molar-refractivity contribution in [3.63, 3.8) is 0 Å². The van der Waals surface area contributed by atoms with E-state index in [4.69, 9.17) is 0 Å². The van der Waals surface area contributed by atoms with Crippen LogP contribution in [-0.2, 0) is 9.84 Å². The van der Waals surface area contributed by atoms with E-state index in [9.17, 15) is 8.42 Å². The van der Waals surface area contributed by atoms with Crippen molar-refractivity contribution >= 4 is 9.84 Å². The lowest BCUT2D eigenvalue weighted by Crippen LogP contribution is -2.55. The fourth-order valence-corrected chi connectivity index (χ4v) is 4.78. The van der Waals surface area contributed by atoms with Gasteiger partial charge in [0, 0.05) is 6.42 Å². The molecule has 0 radical (unpaired) electrons. The van der Waals surface area contributed by atoms with Crippen LogP contribution in [-0.4, -0.2) is 50.6 Å². The highest BCUT2D eigenvalue weighted by atomic mass is 32.2. The van der Waals surface area contributed by atoms with Gasteiger partial charge in [0.25, 0.3) is 0 Å². The van der Waals surface area contributed by atoms with E-state index in [1.165, 1.54) is 32.4 Å². The fraction of sp³-hybridized carbons (Fsp3) is 1.00. The van der Waals surface area contributed by atoms with Gasteiger partial charge in [-0.15, -0.1) is 0 Å². The average Bonchev–Trinajstić information content (AvgIpc) is 2.48. The molecule has 0 N–H and O–H groups in total. The van der Waals surface area contributed by atoms with E-state index in [2.05, 4.69) is 7.05 Å². The SMILES string of the molecule is C[N+]1(C2CCS(=O)(=O)C2)CCCCC1. The summed E-state index contributed by atoms with van der Waals surface area (Å²) < 4.78 is 23.8. The van der Waals surface area contributed by atoms with Crippen LogP contribution in [0.15, 0.2) is 0 Å². The van der Waals surface area contributed by atoms with Gasteiger partial charge >= 0.3 is 0 Å². The molecule has 2 heterocycles. The minimum absolute atomic E-state index is 0.389.